The number of halogens is 1. The van der Waals surface area contributed by atoms with Gasteiger partial charge in [-0.2, -0.15) is 0 Å². The lowest BCUT2D eigenvalue weighted by atomic mass is 10.2. The highest BCUT2D eigenvalue weighted by atomic mass is 35.5. The number of nitrogens with two attached hydrogens (primary N) is 1. The monoisotopic (exact) mass is 402 g/mol. The average Bonchev–Trinajstić information content (AvgIpc) is 3.05. The summed E-state index contributed by atoms with van der Waals surface area (Å²) < 4.78 is 27.8. The van der Waals surface area contributed by atoms with Gasteiger partial charge in [-0.15, -0.1) is 11.3 Å². The minimum atomic E-state index is -4.00. The molecule has 2 rings (SSSR count). The van der Waals surface area contributed by atoms with Gasteiger partial charge in [0.1, 0.15) is 0 Å². The highest BCUT2D eigenvalue weighted by Gasteiger charge is 2.22. The molecule has 1 aromatic carbocycles. The standard InChI is InChI=1S/C15H15ClN2O5S2/c1-9(14(19)18-8-10-3-2-6-24-10)23-15(20)12-7-11(25(17,21)22)4-5-13(12)16/h2-7,9H,8H2,1H3,(H,18,19)(H2,17,21,22)/t9-/m0/s1. The molecule has 0 aliphatic rings. The first-order valence-corrected chi connectivity index (χ1v) is 9.82. The molecule has 7 nitrogen and oxygen atoms in total. The number of rotatable bonds is 6. The summed E-state index contributed by atoms with van der Waals surface area (Å²) in [4.78, 5) is 24.8. The van der Waals surface area contributed by atoms with E-state index in [0.717, 1.165) is 10.9 Å². The van der Waals surface area contributed by atoms with E-state index in [-0.39, 0.29) is 15.5 Å². The minimum Gasteiger partial charge on any atom is -0.449 e. The molecule has 1 amide bonds. The molecule has 2 aromatic rings. The van der Waals surface area contributed by atoms with E-state index in [1.807, 2.05) is 17.5 Å². The summed E-state index contributed by atoms with van der Waals surface area (Å²) in [5, 5.41) is 9.53. The smallest absolute Gasteiger partial charge is 0.340 e. The van der Waals surface area contributed by atoms with Crippen molar-refractivity contribution in [3.8, 4) is 0 Å². The van der Waals surface area contributed by atoms with Crippen LogP contribution in [0, 0.1) is 0 Å². The van der Waals surface area contributed by atoms with E-state index < -0.39 is 28.0 Å². The van der Waals surface area contributed by atoms with Crippen molar-refractivity contribution < 1.29 is 22.7 Å². The van der Waals surface area contributed by atoms with Gasteiger partial charge in [-0.05, 0) is 36.6 Å². The van der Waals surface area contributed by atoms with Crippen LogP contribution in [0.15, 0.2) is 40.6 Å². The second kappa shape index (κ2) is 7.96. The lowest BCUT2D eigenvalue weighted by molar-refractivity contribution is -0.129. The largest absolute Gasteiger partial charge is 0.449 e. The number of primary sulfonamides is 1. The molecular weight excluding hydrogens is 388 g/mol. The Balaban J connectivity index is 2.04. The maximum atomic E-state index is 12.2. The second-order valence-electron chi connectivity index (χ2n) is 5.03. The molecule has 1 heterocycles. The van der Waals surface area contributed by atoms with Crippen molar-refractivity contribution in [1.82, 2.24) is 5.32 Å². The first-order chi connectivity index (χ1) is 11.7. The van der Waals surface area contributed by atoms with E-state index in [4.69, 9.17) is 21.5 Å². The third kappa shape index (κ3) is 5.27. The van der Waals surface area contributed by atoms with E-state index in [9.17, 15) is 18.0 Å². The van der Waals surface area contributed by atoms with Crippen LogP contribution in [0.4, 0.5) is 0 Å². The van der Waals surface area contributed by atoms with E-state index in [0.29, 0.717) is 6.54 Å². The van der Waals surface area contributed by atoms with E-state index in [1.165, 1.54) is 30.4 Å². The summed E-state index contributed by atoms with van der Waals surface area (Å²) in [7, 11) is -4.00. The highest BCUT2D eigenvalue weighted by Crippen LogP contribution is 2.21. The van der Waals surface area contributed by atoms with Crippen LogP contribution in [0.5, 0.6) is 0 Å². The van der Waals surface area contributed by atoms with E-state index >= 15 is 0 Å². The van der Waals surface area contributed by atoms with Gasteiger partial charge in [0, 0.05) is 4.88 Å². The second-order valence-corrected chi connectivity index (χ2v) is 8.03. The van der Waals surface area contributed by atoms with Gasteiger partial charge in [0.15, 0.2) is 6.10 Å². The molecule has 0 spiro atoms. The molecule has 0 saturated heterocycles. The van der Waals surface area contributed by atoms with Crippen LogP contribution in [-0.2, 0) is 26.1 Å². The number of ether oxygens (including phenoxy) is 1. The molecule has 0 unspecified atom stereocenters. The molecule has 0 saturated carbocycles. The van der Waals surface area contributed by atoms with Gasteiger partial charge in [-0.1, -0.05) is 17.7 Å². The van der Waals surface area contributed by atoms with Crippen molar-refractivity contribution >= 4 is 44.8 Å². The van der Waals surface area contributed by atoms with Crippen molar-refractivity contribution in [2.75, 3.05) is 0 Å². The van der Waals surface area contributed by atoms with Crippen LogP contribution in [0.2, 0.25) is 5.02 Å². The highest BCUT2D eigenvalue weighted by molar-refractivity contribution is 7.89. The maximum absolute atomic E-state index is 12.2. The first kappa shape index (κ1) is 19.4. The quantitative estimate of drug-likeness (QED) is 0.716. The molecule has 10 heteroatoms. The number of hydrogen-bond donors (Lipinski definition) is 2. The van der Waals surface area contributed by atoms with E-state index in [1.54, 1.807) is 0 Å². The van der Waals surface area contributed by atoms with Gasteiger partial charge in [0.05, 0.1) is 22.0 Å². The first-order valence-electron chi connectivity index (χ1n) is 7.02. The molecule has 0 aliphatic heterocycles. The Bertz CT molecular complexity index is 881. The van der Waals surface area contributed by atoms with Gasteiger partial charge < -0.3 is 10.1 Å². The summed E-state index contributed by atoms with van der Waals surface area (Å²) in [6, 6.07) is 7.12. The zero-order chi connectivity index (χ0) is 18.6. The summed E-state index contributed by atoms with van der Waals surface area (Å²) in [6.45, 7) is 1.72. The summed E-state index contributed by atoms with van der Waals surface area (Å²) in [6.07, 6.45) is -1.08. The Morgan fingerprint density at radius 3 is 2.68 bits per heavy atom. The summed E-state index contributed by atoms with van der Waals surface area (Å²) in [5.74, 6) is -1.41. The SMILES string of the molecule is C[C@H](OC(=O)c1cc(S(N)(=O)=O)ccc1Cl)C(=O)NCc1cccs1. The number of hydrogen-bond acceptors (Lipinski definition) is 6. The molecule has 3 N–H and O–H groups in total. The predicted octanol–water partition coefficient (Wildman–Crippen LogP) is 1.91. The lowest BCUT2D eigenvalue weighted by Gasteiger charge is -2.14. The van der Waals surface area contributed by atoms with Crippen molar-refractivity contribution in [2.24, 2.45) is 5.14 Å². The van der Waals surface area contributed by atoms with Crippen molar-refractivity contribution in [3.63, 3.8) is 0 Å². The number of amides is 1. The summed E-state index contributed by atoms with van der Waals surface area (Å²) in [5.41, 5.74) is -0.189. The number of thiophene rings is 1. The molecule has 1 atom stereocenters. The molecule has 1 aromatic heterocycles. The Labute approximate surface area is 153 Å². The van der Waals surface area contributed by atoms with Crippen molar-refractivity contribution in [2.45, 2.75) is 24.5 Å². The molecular formula is C15H15ClN2O5S2. The Hall–Kier alpha value is -1.94. The van der Waals surface area contributed by atoms with Crippen LogP contribution in [0.3, 0.4) is 0 Å². The topological polar surface area (TPSA) is 116 Å². The molecule has 0 radical (unpaired) electrons. The number of carbonyl (C=O) groups excluding carboxylic acids is 2. The fourth-order valence-electron chi connectivity index (χ4n) is 1.85. The molecule has 0 fully saturated rings. The van der Waals surface area contributed by atoms with Crippen molar-refractivity contribution in [3.05, 3.63) is 51.2 Å². The Kier molecular flexibility index (Phi) is 6.17. The van der Waals surface area contributed by atoms with Gasteiger partial charge in [0.25, 0.3) is 5.91 Å². The van der Waals surface area contributed by atoms with Crippen molar-refractivity contribution in [1.29, 1.82) is 0 Å². The number of benzene rings is 1. The average molecular weight is 403 g/mol. The maximum Gasteiger partial charge on any atom is 0.340 e. The summed E-state index contributed by atoms with van der Waals surface area (Å²) >= 11 is 7.38. The van der Waals surface area contributed by atoms with Gasteiger partial charge >= 0.3 is 5.97 Å². The third-order valence-corrected chi connectivity index (χ3v) is 5.27. The minimum absolute atomic E-state index is 0.0106. The van der Waals surface area contributed by atoms with Gasteiger partial charge in [-0.3, -0.25) is 4.79 Å². The van der Waals surface area contributed by atoms with Crippen LogP contribution in [0.1, 0.15) is 22.2 Å². The zero-order valence-corrected chi connectivity index (χ0v) is 15.5. The number of esters is 1. The predicted molar refractivity (Wildman–Crippen MR) is 93.9 cm³/mol. The normalized spacial score (nSPS) is 12.4. The number of nitrogens with one attached hydrogen (secondary N) is 1. The third-order valence-electron chi connectivity index (χ3n) is 3.16. The fraction of sp³-hybridized carbons (Fsp3) is 0.200. The van der Waals surface area contributed by atoms with Crippen LogP contribution >= 0.6 is 22.9 Å². The number of carbonyl (C=O) groups is 2. The van der Waals surface area contributed by atoms with Crippen LogP contribution in [-0.4, -0.2) is 26.4 Å². The molecule has 0 bridgehead atoms. The molecule has 134 valence electrons. The number of sulfonamides is 1. The Morgan fingerprint density at radius 1 is 1.36 bits per heavy atom. The van der Waals surface area contributed by atoms with Crippen LogP contribution in [0.25, 0.3) is 0 Å². The molecule has 25 heavy (non-hydrogen) atoms. The lowest BCUT2D eigenvalue weighted by Crippen LogP contribution is -2.35. The zero-order valence-electron chi connectivity index (χ0n) is 13.1. The van der Waals surface area contributed by atoms with Gasteiger partial charge in [0.2, 0.25) is 10.0 Å². The molecule has 0 aliphatic carbocycles. The van der Waals surface area contributed by atoms with Crippen LogP contribution < -0.4 is 10.5 Å². The van der Waals surface area contributed by atoms with E-state index in [2.05, 4.69) is 5.32 Å². The Morgan fingerprint density at radius 2 is 2.08 bits per heavy atom. The fourth-order valence-corrected chi connectivity index (χ4v) is 3.23. The van der Waals surface area contributed by atoms with Gasteiger partial charge in [-0.25, -0.2) is 18.4 Å².